The lowest BCUT2D eigenvalue weighted by molar-refractivity contribution is 1.12. The summed E-state index contributed by atoms with van der Waals surface area (Å²) < 4.78 is 0. The van der Waals surface area contributed by atoms with Gasteiger partial charge in [-0.05, 0) is 31.5 Å². The zero-order valence-electron chi connectivity index (χ0n) is 10.3. The van der Waals surface area contributed by atoms with Gasteiger partial charge >= 0.3 is 0 Å². The van der Waals surface area contributed by atoms with Crippen molar-refractivity contribution in [2.75, 3.05) is 17.7 Å². The number of rotatable bonds is 3. The molecule has 0 radical (unpaired) electrons. The van der Waals surface area contributed by atoms with Crippen molar-refractivity contribution in [3.63, 3.8) is 0 Å². The first kappa shape index (κ1) is 11.4. The molecule has 0 unspecified atom stereocenters. The minimum absolute atomic E-state index is 0.616. The smallest absolute Gasteiger partial charge is 0.224 e. The third kappa shape index (κ3) is 2.72. The van der Waals surface area contributed by atoms with Crippen molar-refractivity contribution >= 4 is 17.5 Å². The Kier molecular flexibility index (Phi) is 3.23. The van der Waals surface area contributed by atoms with E-state index in [1.165, 1.54) is 5.56 Å². The van der Waals surface area contributed by atoms with Crippen LogP contribution < -0.4 is 10.6 Å². The van der Waals surface area contributed by atoms with Crippen molar-refractivity contribution in [1.82, 2.24) is 9.97 Å². The number of nitrogens with zero attached hydrogens (tertiary/aromatic N) is 2. The number of benzene rings is 1. The fraction of sp³-hybridized carbons (Fsp3) is 0.231. The quantitative estimate of drug-likeness (QED) is 0.848. The summed E-state index contributed by atoms with van der Waals surface area (Å²) >= 11 is 0. The summed E-state index contributed by atoms with van der Waals surface area (Å²) in [6.07, 6.45) is 1.80. The molecule has 88 valence electrons. The maximum absolute atomic E-state index is 4.38. The van der Waals surface area contributed by atoms with Crippen molar-refractivity contribution in [3.8, 4) is 0 Å². The standard InChI is InChI=1S/C13H16N4/c1-9-5-4-6-11(7-9)16-12-10(2)8-15-13(14-3)17-12/h4-8H,1-3H3,(H2,14,15,16,17). The molecule has 0 spiro atoms. The van der Waals surface area contributed by atoms with Crippen LogP contribution in [0.1, 0.15) is 11.1 Å². The number of aromatic nitrogens is 2. The molecule has 1 aromatic carbocycles. The molecule has 2 rings (SSSR count). The van der Waals surface area contributed by atoms with Crippen LogP contribution in [0.5, 0.6) is 0 Å². The lowest BCUT2D eigenvalue weighted by Crippen LogP contribution is -2.02. The highest BCUT2D eigenvalue weighted by Gasteiger charge is 2.03. The SMILES string of the molecule is CNc1ncc(C)c(Nc2cccc(C)c2)n1. The predicted octanol–water partition coefficient (Wildman–Crippen LogP) is 2.88. The maximum Gasteiger partial charge on any atom is 0.224 e. The van der Waals surface area contributed by atoms with Crippen LogP contribution in [0.15, 0.2) is 30.5 Å². The highest BCUT2D eigenvalue weighted by Crippen LogP contribution is 2.19. The first-order valence-electron chi connectivity index (χ1n) is 5.54. The molecule has 1 aromatic heterocycles. The van der Waals surface area contributed by atoms with E-state index in [0.717, 1.165) is 17.1 Å². The third-order valence-electron chi connectivity index (χ3n) is 2.48. The van der Waals surface area contributed by atoms with Gasteiger partial charge in [0.1, 0.15) is 5.82 Å². The average molecular weight is 228 g/mol. The summed E-state index contributed by atoms with van der Waals surface area (Å²) in [5.41, 5.74) is 3.27. The topological polar surface area (TPSA) is 49.8 Å². The van der Waals surface area contributed by atoms with Crippen LogP contribution in [0.25, 0.3) is 0 Å². The normalized spacial score (nSPS) is 10.1. The van der Waals surface area contributed by atoms with Gasteiger partial charge in [0.15, 0.2) is 0 Å². The number of hydrogen-bond acceptors (Lipinski definition) is 4. The molecule has 4 nitrogen and oxygen atoms in total. The molecule has 2 N–H and O–H groups in total. The monoisotopic (exact) mass is 228 g/mol. The van der Waals surface area contributed by atoms with E-state index in [1.54, 1.807) is 13.2 Å². The third-order valence-corrected chi connectivity index (χ3v) is 2.48. The number of nitrogens with one attached hydrogen (secondary N) is 2. The van der Waals surface area contributed by atoms with Gasteiger partial charge in [-0.3, -0.25) is 0 Å². The molecule has 1 heterocycles. The van der Waals surface area contributed by atoms with E-state index in [0.29, 0.717) is 5.95 Å². The Labute approximate surface area is 101 Å². The second-order valence-electron chi connectivity index (χ2n) is 3.97. The first-order valence-corrected chi connectivity index (χ1v) is 5.54. The van der Waals surface area contributed by atoms with Gasteiger partial charge in [-0.15, -0.1) is 0 Å². The van der Waals surface area contributed by atoms with Crippen LogP contribution >= 0.6 is 0 Å². The minimum Gasteiger partial charge on any atom is -0.357 e. The largest absolute Gasteiger partial charge is 0.357 e. The van der Waals surface area contributed by atoms with Crippen LogP contribution in [0.3, 0.4) is 0 Å². The molecular formula is C13H16N4. The van der Waals surface area contributed by atoms with Gasteiger partial charge in [0.25, 0.3) is 0 Å². The second kappa shape index (κ2) is 4.82. The first-order chi connectivity index (χ1) is 8.19. The number of anilines is 3. The van der Waals surface area contributed by atoms with Gasteiger partial charge < -0.3 is 10.6 Å². The molecule has 4 heteroatoms. The summed E-state index contributed by atoms with van der Waals surface area (Å²) in [7, 11) is 1.81. The molecule has 0 bridgehead atoms. The zero-order chi connectivity index (χ0) is 12.3. The highest BCUT2D eigenvalue weighted by molar-refractivity contribution is 5.60. The molecule has 0 saturated carbocycles. The van der Waals surface area contributed by atoms with E-state index < -0.39 is 0 Å². The van der Waals surface area contributed by atoms with Crippen LogP contribution in [0.4, 0.5) is 17.5 Å². The zero-order valence-corrected chi connectivity index (χ0v) is 10.3. The van der Waals surface area contributed by atoms with E-state index in [9.17, 15) is 0 Å². The molecule has 0 aliphatic heterocycles. The Morgan fingerprint density at radius 3 is 2.71 bits per heavy atom. The van der Waals surface area contributed by atoms with Crippen molar-refractivity contribution in [1.29, 1.82) is 0 Å². The average Bonchev–Trinajstić information content (AvgIpc) is 2.32. The van der Waals surface area contributed by atoms with E-state index >= 15 is 0 Å². The summed E-state index contributed by atoms with van der Waals surface area (Å²) in [6, 6.07) is 8.19. The van der Waals surface area contributed by atoms with E-state index in [1.807, 2.05) is 19.1 Å². The van der Waals surface area contributed by atoms with Crippen LogP contribution in [-0.2, 0) is 0 Å². The Balaban J connectivity index is 2.29. The summed E-state index contributed by atoms with van der Waals surface area (Å²) in [5, 5.41) is 6.23. The van der Waals surface area contributed by atoms with E-state index in [4.69, 9.17) is 0 Å². The Morgan fingerprint density at radius 2 is 2.00 bits per heavy atom. The lowest BCUT2D eigenvalue weighted by atomic mass is 10.2. The molecule has 0 amide bonds. The van der Waals surface area contributed by atoms with Crippen molar-refractivity contribution in [3.05, 3.63) is 41.6 Å². The van der Waals surface area contributed by atoms with E-state index in [-0.39, 0.29) is 0 Å². The van der Waals surface area contributed by atoms with Gasteiger partial charge in [-0.2, -0.15) is 4.98 Å². The summed E-state index contributed by atoms with van der Waals surface area (Å²) in [4.78, 5) is 8.54. The fourth-order valence-electron chi connectivity index (χ4n) is 1.55. The summed E-state index contributed by atoms with van der Waals surface area (Å²) in [5.74, 6) is 1.45. The Bertz CT molecular complexity index is 523. The maximum atomic E-state index is 4.38. The Morgan fingerprint density at radius 1 is 1.18 bits per heavy atom. The van der Waals surface area contributed by atoms with Gasteiger partial charge in [-0.25, -0.2) is 4.98 Å². The molecule has 0 atom stereocenters. The van der Waals surface area contributed by atoms with Gasteiger partial charge in [0, 0.05) is 24.5 Å². The van der Waals surface area contributed by atoms with Crippen molar-refractivity contribution in [2.24, 2.45) is 0 Å². The molecule has 0 aliphatic carbocycles. The Hall–Kier alpha value is -2.10. The van der Waals surface area contributed by atoms with Crippen LogP contribution in [-0.4, -0.2) is 17.0 Å². The van der Waals surface area contributed by atoms with Gasteiger partial charge in [-0.1, -0.05) is 12.1 Å². The van der Waals surface area contributed by atoms with Crippen molar-refractivity contribution < 1.29 is 0 Å². The van der Waals surface area contributed by atoms with E-state index in [2.05, 4.69) is 39.7 Å². The molecule has 0 aliphatic rings. The highest BCUT2D eigenvalue weighted by atomic mass is 15.1. The molecule has 0 saturated heterocycles. The number of hydrogen-bond donors (Lipinski definition) is 2. The second-order valence-corrected chi connectivity index (χ2v) is 3.97. The molecule has 17 heavy (non-hydrogen) atoms. The summed E-state index contributed by atoms with van der Waals surface area (Å²) in [6.45, 7) is 4.05. The number of aryl methyl sites for hydroxylation is 2. The predicted molar refractivity (Wildman–Crippen MR) is 70.8 cm³/mol. The molecule has 2 aromatic rings. The van der Waals surface area contributed by atoms with Crippen molar-refractivity contribution in [2.45, 2.75) is 13.8 Å². The fourth-order valence-corrected chi connectivity index (χ4v) is 1.55. The van der Waals surface area contributed by atoms with Gasteiger partial charge in [0.2, 0.25) is 5.95 Å². The van der Waals surface area contributed by atoms with Crippen LogP contribution in [0.2, 0.25) is 0 Å². The van der Waals surface area contributed by atoms with Crippen LogP contribution in [0, 0.1) is 13.8 Å². The molecule has 0 fully saturated rings. The lowest BCUT2D eigenvalue weighted by Gasteiger charge is -2.10. The molecular weight excluding hydrogens is 212 g/mol. The minimum atomic E-state index is 0.616. The van der Waals surface area contributed by atoms with Gasteiger partial charge in [0.05, 0.1) is 0 Å².